The molecule has 0 amide bonds. The Morgan fingerprint density at radius 1 is 1.03 bits per heavy atom. The lowest BCUT2D eigenvalue weighted by Crippen LogP contribution is -2.32. The molecular formula is C21H22NO6P. The number of hydrogen-bond donors (Lipinski definition) is 0. The number of benzene rings is 2. The van der Waals surface area contributed by atoms with Crippen LogP contribution in [0.3, 0.4) is 0 Å². The number of para-hydroxylation sites is 2. The fourth-order valence-corrected chi connectivity index (χ4v) is 6.56. The van der Waals surface area contributed by atoms with E-state index in [1.165, 1.54) is 0 Å². The molecule has 3 heterocycles. The van der Waals surface area contributed by atoms with Crippen LogP contribution in [-0.4, -0.2) is 41.5 Å². The summed E-state index contributed by atoms with van der Waals surface area (Å²) in [6, 6.07) is 17.7. The van der Waals surface area contributed by atoms with Crippen LogP contribution in [0.4, 0.5) is 0 Å². The second-order valence-electron chi connectivity index (χ2n) is 7.37. The van der Waals surface area contributed by atoms with Gasteiger partial charge >= 0.3 is 13.7 Å². The fraction of sp³-hybridized carbons (Fsp3) is 0.381. The van der Waals surface area contributed by atoms with Gasteiger partial charge in [-0.2, -0.15) is 4.67 Å². The van der Waals surface area contributed by atoms with Crippen molar-refractivity contribution in [2.24, 2.45) is 5.92 Å². The van der Waals surface area contributed by atoms with Crippen molar-refractivity contribution in [3.05, 3.63) is 60.7 Å². The van der Waals surface area contributed by atoms with E-state index in [1.807, 2.05) is 36.4 Å². The Morgan fingerprint density at radius 2 is 1.62 bits per heavy atom. The summed E-state index contributed by atoms with van der Waals surface area (Å²) in [5.41, 5.74) is 0. The average Bonchev–Trinajstić information content (AvgIpc) is 3.22. The zero-order valence-electron chi connectivity index (χ0n) is 15.9. The lowest BCUT2D eigenvalue weighted by molar-refractivity contribution is -0.149. The van der Waals surface area contributed by atoms with Gasteiger partial charge in [-0.15, -0.1) is 0 Å². The van der Waals surface area contributed by atoms with Gasteiger partial charge < -0.3 is 18.5 Å². The highest BCUT2D eigenvalue weighted by Crippen LogP contribution is 2.68. The Balaban J connectivity index is 1.41. The lowest BCUT2D eigenvalue weighted by Gasteiger charge is -2.24. The van der Waals surface area contributed by atoms with Crippen molar-refractivity contribution >= 4 is 13.7 Å². The quantitative estimate of drug-likeness (QED) is 0.388. The van der Waals surface area contributed by atoms with Crippen molar-refractivity contribution < 1.29 is 27.9 Å². The molecule has 152 valence electrons. The second kappa shape index (κ2) is 7.17. The molecule has 5 rings (SSSR count). The van der Waals surface area contributed by atoms with Gasteiger partial charge in [0.2, 0.25) is 0 Å². The van der Waals surface area contributed by atoms with E-state index in [4.69, 9.17) is 18.5 Å². The molecule has 0 radical (unpaired) electrons. The number of morpholine rings is 1. The maximum absolute atomic E-state index is 14.0. The van der Waals surface area contributed by atoms with Gasteiger partial charge in [0, 0.05) is 0 Å². The van der Waals surface area contributed by atoms with Gasteiger partial charge in [-0.05, 0) is 37.6 Å². The van der Waals surface area contributed by atoms with Crippen molar-refractivity contribution in [1.82, 2.24) is 4.67 Å². The third-order valence-electron chi connectivity index (χ3n) is 5.60. The minimum Gasteiger partial charge on any atom is -0.466 e. The molecule has 0 saturated carbocycles. The predicted octanol–water partition coefficient (Wildman–Crippen LogP) is 3.66. The van der Waals surface area contributed by atoms with Gasteiger partial charge in [0.15, 0.2) is 0 Å². The summed E-state index contributed by atoms with van der Waals surface area (Å²) in [4.78, 5) is 12.3. The van der Waals surface area contributed by atoms with Gasteiger partial charge in [0.1, 0.15) is 11.5 Å². The molecule has 0 aromatic heterocycles. The zero-order chi connectivity index (χ0) is 20.0. The number of nitrogens with zero attached hydrogens (tertiary/aromatic N) is 1. The van der Waals surface area contributed by atoms with Crippen LogP contribution in [-0.2, 0) is 18.8 Å². The zero-order valence-corrected chi connectivity index (χ0v) is 16.8. The number of fused-ring (bicyclic) bond motifs is 5. The second-order valence-corrected chi connectivity index (χ2v) is 9.14. The normalized spacial score (nSPS) is 31.8. The largest absolute Gasteiger partial charge is 0.516 e. The SMILES string of the molecule is CCOC(=O)C1C[C@H]2O[C@@H]1[C@H]1[C@@H]2N1P(=O)(Oc1ccccc1)Oc1ccccc1. The van der Waals surface area contributed by atoms with Crippen molar-refractivity contribution in [1.29, 1.82) is 0 Å². The molecule has 0 N–H and O–H groups in total. The first-order valence-electron chi connectivity index (χ1n) is 9.81. The van der Waals surface area contributed by atoms with E-state index in [0.717, 1.165) is 0 Å². The van der Waals surface area contributed by atoms with Gasteiger partial charge in [-0.1, -0.05) is 36.4 Å². The molecule has 2 aromatic carbocycles. The van der Waals surface area contributed by atoms with E-state index in [2.05, 4.69) is 0 Å². The Hall–Kier alpha value is -2.34. The Kier molecular flexibility index (Phi) is 4.62. The number of ether oxygens (including phenoxy) is 2. The number of rotatable bonds is 7. The molecular weight excluding hydrogens is 393 g/mol. The molecule has 2 bridgehead atoms. The minimum absolute atomic E-state index is 0.0797. The Bertz CT molecular complexity index is 893. The summed E-state index contributed by atoms with van der Waals surface area (Å²) < 4.78 is 38.7. The molecule has 3 saturated heterocycles. The van der Waals surface area contributed by atoms with Gasteiger partial charge in [-0.25, -0.2) is 4.57 Å². The summed E-state index contributed by atoms with van der Waals surface area (Å²) in [7, 11) is -3.71. The fourth-order valence-electron chi connectivity index (χ4n) is 4.41. The van der Waals surface area contributed by atoms with Crippen LogP contribution in [0.5, 0.6) is 11.5 Å². The number of carbonyl (C=O) groups excluding carboxylic acids is 1. The van der Waals surface area contributed by atoms with Crippen LogP contribution in [0, 0.1) is 5.92 Å². The van der Waals surface area contributed by atoms with Gasteiger partial charge in [0.05, 0.1) is 36.8 Å². The maximum Gasteiger partial charge on any atom is 0.516 e. The summed E-state index contributed by atoms with van der Waals surface area (Å²) in [6.45, 7) is 2.12. The molecule has 3 fully saturated rings. The highest BCUT2D eigenvalue weighted by Gasteiger charge is 2.76. The van der Waals surface area contributed by atoms with Gasteiger partial charge in [0.25, 0.3) is 0 Å². The van der Waals surface area contributed by atoms with Crippen LogP contribution >= 0.6 is 7.75 Å². The molecule has 0 aliphatic carbocycles. The Morgan fingerprint density at radius 3 is 2.17 bits per heavy atom. The van der Waals surface area contributed by atoms with Gasteiger partial charge in [-0.3, -0.25) is 4.79 Å². The van der Waals surface area contributed by atoms with Crippen molar-refractivity contribution in [3.8, 4) is 11.5 Å². The lowest BCUT2D eigenvalue weighted by atomic mass is 9.89. The summed E-state index contributed by atoms with van der Waals surface area (Å²) in [6.07, 6.45) is 0.0419. The number of hydrogen-bond acceptors (Lipinski definition) is 6. The van der Waals surface area contributed by atoms with E-state index in [1.54, 1.807) is 35.9 Å². The molecule has 29 heavy (non-hydrogen) atoms. The van der Waals surface area contributed by atoms with E-state index in [0.29, 0.717) is 24.5 Å². The molecule has 7 nitrogen and oxygen atoms in total. The predicted molar refractivity (Wildman–Crippen MR) is 105 cm³/mol. The van der Waals surface area contributed by atoms with Crippen LogP contribution in [0.15, 0.2) is 60.7 Å². The molecule has 6 atom stereocenters. The molecule has 2 unspecified atom stereocenters. The van der Waals surface area contributed by atoms with Crippen molar-refractivity contribution in [2.75, 3.05) is 6.61 Å². The van der Waals surface area contributed by atoms with E-state index in [9.17, 15) is 9.36 Å². The van der Waals surface area contributed by atoms with Crippen LogP contribution in [0.1, 0.15) is 13.3 Å². The molecule has 0 spiro atoms. The molecule has 8 heteroatoms. The van der Waals surface area contributed by atoms with E-state index in [-0.39, 0.29) is 36.2 Å². The third-order valence-corrected chi connectivity index (χ3v) is 7.59. The Labute approximate surface area is 169 Å². The molecule has 3 aliphatic heterocycles. The van der Waals surface area contributed by atoms with Crippen LogP contribution < -0.4 is 9.05 Å². The third kappa shape index (κ3) is 3.23. The van der Waals surface area contributed by atoms with Crippen molar-refractivity contribution in [3.63, 3.8) is 0 Å². The standard InChI is InChI=1S/C21H22NO6P/c1-2-25-21(23)16-13-17-18-19(20(16)26-17)22(18)29(24,27-14-9-5-3-6-10-14)28-15-11-7-4-8-12-15/h3-12,16-20H,2,13H2,1H3/t16?,17-,18-,19-,20+,22?/m1/s1. The minimum atomic E-state index is -3.71. The van der Waals surface area contributed by atoms with Crippen LogP contribution in [0.25, 0.3) is 0 Å². The highest BCUT2D eigenvalue weighted by molar-refractivity contribution is 7.52. The average molecular weight is 415 g/mol. The first-order valence-corrected chi connectivity index (χ1v) is 11.3. The number of carbonyl (C=O) groups is 1. The summed E-state index contributed by atoms with van der Waals surface area (Å²) in [5, 5.41) is 0. The van der Waals surface area contributed by atoms with Crippen molar-refractivity contribution in [2.45, 2.75) is 37.6 Å². The monoisotopic (exact) mass is 415 g/mol. The first-order chi connectivity index (χ1) is 14.1. The van der Waals surface area contributed by atoms with Crippen LogP contribution in [0.2, 0.25) is 0 Å². The maximum atomic E-state index is 14.0. The summed E-state index contributed by atoms with van der Waals surface area (Å²) in [5.74, 6) is 0.333. The summed E-state index contributed by atoms with van der Waals surface area (Å²) >= 11 is 0. The first kappa shape index (κ1) is 18.7. The smallest absolute Gasteiger partial charge is 0.466 e. The number of esters is 1. The topological polar surface area (TPSA) is 74.1 Å². The molecule has 2 aromatic rings. The highest BCUT2D eigenvalue weighted by atomic mass is 31.2. The molecule has 3 aliphatic rings. The van der Waals surface area contributed by atoms with E-state index >= 15 is 0 Å². The van der Waals surface area contributed by atoms with E-state index < -0.39 is 7.75 Å².